The monoisotopic (exact) mass is 230 g/mol. The zero-order valence-electron chi connectivity index (χ0n) is 10.5. The SMILES string of the molecule is CC(C)c1ccc(-c2cnc(C(C)N)o2)cc1. The first-order chi connectivity index (χ1) is 8.08. The van der Waals surface area contributed by atoms with Crippen LogP contribution in [-0.2, 0) is 0 Å². The molecule has 90 valence electrons. The molecular formula is C14H18N2O. The Hall–Kier alpha value is -1.61. The molecule has 2 aromatic rings. The molecule has 1 atom stereocenters. The number of aromatic nitrogens is 1. The van der Waals surface area contributed by atoms with Gasteiger partial charge in [-0.25, -0.2) is 4.98 Å². The van der Waals surface area contributed by atoms with E-state index in [1.165, 1.54) is 5.56 Å². The third-order valence-corrected chi connectivity index (χ3v) is 2.77. The van der Waals surface area contributed by atoms with E-state index in [0.717, 1.165) is 11.3 Å². The molecule has 3 nitrogen and oxygen atoms in total. The highest BCUT2D eigenvalue weighted by molar-refractivity contribution is 5.56. The number of rotatable bonds is 3. The highest BCUT2D eigenvalue weighted by Gasteiger charge is 2.09. The van der Waals surface area contributed by atoms with Crippen LogP contribution in [0.3, 0.4) is 0 Å². The zero-order valence-corrected chi connectivity index (χ0v) is 10.5. The number of oxazole rings is 1. The highest BCUT2D eigenvalue weighted by atomic mass is 16.4. The summed E-state index contributed by atoms with van der Waals surface area (Å²) >= 11 is 0. The minimum Gasteiger partial charge on any atom is -0.439 e. The third kappa shape index (κ3) is 2.56. The number of benzene rings is 1. The van der Waals surface area contributed by atoms with Gasteiger partial charge in [0.1, 0.15) is 0 Å². The molecular weight excluding hydrogens is 212 g/mol. The molecule has 0 radical (unpaired) electrons. The minimum absolute atomic E-state index is 0.168. The van der Waals surface area contributed by atoms with Crippen molar-refractivity contribution in [2.45, 2.75) is 32.7 Å². The van der Waals surface area contributed by atoms with Gasteiger partial charge >= 0.3 is 0 Å². The van der Waals surface area contributed by atoms with E-state index in [4.69, 9.17) is 10.2 Å². The van der Waals surface area contributed by atoms with Crippen LogP contribution in [0.1, 0.15) is 44.2 Å². The Morgan fingerprint density at radius 3 is 2.24 bits per heavy atom. The molecule has 0 aliphatic rings. The second kappa shape index (κ2) is 4.72. The molecule has 0 spiro atoms. The van der Waals surface area contributed by atoms with Crippen molar-refractivity contribution in [3.8, 4) is 11.3 Å². The summed E-state index contributed by atoms with van der Waals surface area (Å²) in [5.41, 5.74) is 8.07. The molecule has 1 heterocycles. The van der Waals surface area contributed by atoms with E-state index in [1.807, 2.05) is 6.92 Å². The van der Waals surface area contributed by atoms with Crippen molar-refractivity contribution in [1.29, 1.82) is 0 Å². The van der Waals surface area contributed by atoms with E-state index in [9.17, 15) is 0 Å². The largest absolute Gasteiger partial charge is 0.439 e. The van der Waals surface area contributed by atoms with E-state index >= 15 is 0 Å². The molecule has 1 aromatic heterocycles. The molecule has 0 bridgehead atoms. The van der Waals surface area contributed by atoms with Crippen LogP contribution in [-0.4, -0.2) is 4.98 Å². The number of hydrogen-bond donors (Lipinski definition) is 1. The quantitative estimate of drug-likeness (QED) is 0.878. The summed E-state index contributed by atoms with van der Waals surface area (Å²) in [7, 11) is 0. The molecule has 0 saturated carbocycles. The van der Waals surface area contributed by atoms with Crippen LogP contribution < -0.4 is 5.73 Å². The van der Waals surface area contributed by atoms with Crippen molar-refractivity contribution in [2.24, 2.45) is 5.73 Å². The maximum atomic E-state index is 5.71. The van der Waals surface area contributed by atoms with Crippen LogP contribution in [0, 0.1) is 0 Å². The summed E-state index contributed by atoms with van der Waals surface area (Å²) in [6.45, 7) is 6.22. The van der Waals surface area contributed by atoms with Gasteiger partial charge < -0.3 is 10.2 Å². The van der Waals surface area contributed by atoms with Crippen LogP contribution in [0.25, 0.3) is 11.3 Å². The van der Waals surface area contributed by atoms with Gasteiger partial charge in [0, 0.05) is 5.56 Å². The molecule has 2 N–H and O–H groups in total. The van der Waals surface area contributed by atoms with Crippen molar-refractivity contribution in [1.82, 2.24) is 4.98 Å². The Balaban J connectivity index is 2.27. The van der Waals surface area contributed by atoms with Crippen molar-refractivity contribution in [3.63, 3.8) is 0 Å². The summed E-state index contributed by atoms with van der Waals surface area (Å²) in [4.78, 5) is 4.16. The molecule has 2 rings (SSSR count). The normalized spacial score (nSPS) is 13.0. The van der Waals surface area contributed by atoms with E-state index < -0.39 is 0 Å². The van der Waals surface area contributed by atoms with Gasteiger partial charge in [0.05, 0.1) is 12.2 Å². The van der Waals surface area contributed by atoms with Gasteiger partial charge in [0.25, 0.3) is 0 Å². The maximum Gasteiger partial charge on any atom is 0.211 e. The Kier molecular flexibility index (Phi) is 3.29. The van der Waals surface area contributed by atoms with Crippen LogP contribution >= 0.6 is 0 Å². The highest BCUT2D eigenvalue weighted by Crippen LogP contribution is 2.24. The second-order valence-electron chi connectivity index (χ2n) is 4.63. The summed E-state index contributed by atoms with van der Waals surface area (Å²) in [5.74, 6) is 1.89. The summed E-state index contributed by atoms with van der Waals surface area (Å²) < 4.78 is 5.60. The minimum atomic E-state index is -0.168. The molecule has 17 heavy (non-hydrogen) atoms. The van der Waals surface area contributed by atoms with Gasteiger partial charge in [0.2, 0.25) is 5.89 Å². The summed E-state index contributed by atoms with van der Waals surface area (Å²) in [6, 6.07) is 8.18. The van der Waals surface area contributed by atoms with Gasteiger partial charge in [-0.1, -0.05) is 38.1 Å². The van der Waals surface area contributed by atoms with Gasteiger partial charge in [-0.3, -0.25) is 0 Å². The summed E-state index contributed by atoms with van der Waals surface area (Å²) in [5, 5.41) is 0. The molecule has 1 unspecified atom stereocenters. The fourth-order valence-electron chi connectivity index (χ4n) is 1.66. The van der Waals surface area contributed by atoms with Crippen molar-refractivity contribution in [2.75, 3.05) is 0 Å². The molecule has 0 saturated heterocycles. The van der Waals surface area contributed by atoms with Crippen LogP contribution in [0.15, 0.2) is 34.9 Å². The van der Waals surface area contributed by atoms with Gasteiger partial charge in [0.15, 0.2) is 5.76 Å². The number of nitrogens with two attached hydrogens (primary N) is 1. The molecule has 0 aliphatic heterocycles. The molecule has 3 heteroatoms. The van der Waals surface area contributed by atoms with Crippen molar-refractivity contribution >= 4 is 0 Å². The van der Waals surface area contributed by atoms with Gasteiger partial charge in [-0.05, 0) is 18.4 Å². The Morgan fingerprint density at radius 1 is 1.12 bits per heavy atom. The Labute approximate surface area is 102 Å². The second-order valence-corrected chi connectivity index (χ2v) is 4.63. The predicted molar refractivity (Wildman–Crippen MR) is 68.6 cm³/mol. The van der Waals surface area contributed by atoms with Gasteiger partial charge in [-0.15, -0.1) is 0 Å². The van der Waals surface area contributed by atoms with Crippen LogP contribution in [0.2, 0.25) is 0 Å². The lowest BCUT2D eigenvalue weighted by Gasteiger charge is -2.05. The fourth-order valence-corrected chi connectivity index (χ4v) is 1.66. The molecule has 0 fully saturated rings. The smallest absolute Gasteiger partial charge is 0.211 e. The van der Waals surface area contributed by atoms with E-state index in [1.54, 1.807) is 6.20 Å². The first-order valence-electron chi connectivity index (χ1n) is 5.89. The van der Waals surface area contributed by atoms with Gasteiger partial charge in [-0.2, -0.15) is 0 Å². The predicted octanol–water partition coefficient (Wildman–Crippen LogP) is 3.48. The third-order valence-electron chi connectivity index (χ3n) is 2.77. The lowest BCUT2D eigenvalue weighted by molar-refractivity contribution is 0.473. The molecule has 1 aromatic carbocycles. The summed E-state index contributed by atoms with van der Waals surface area (Å²) in [6.07, 6.45) is 1.73. The molecule has 0 aliphatic carbocycles. The lowest BCUT2D eigenvalue weighted by atomic mass is 10.0. The van der Waals surface area contributed by atoms with Crippen LogP contribution in [0.4, 0.5) is 0 Å². The topological polar surface area (TPSA) is 52.0 Å². The van der Waals surface area contributed by atoms with E-state index in [2.05, 4.69) is 43.1 Å². The average molecular weight is 230 g/mol. The average Bonchev–Trinajstić information content (AvgIpc) is 2.78. The van der Waals surface area contributed by atoms with E-state index in [0.29, 0.717) is 11.8 Å². The first-order valence-corrected chi connectivity index (χ1v) is 5.89. The Bertz CT molecular complexity index is 483. The van der Waals surface area contributed by atoms with Crippen molar-refractivity contribution in [3.05, 3.63) is 41.9 Å². The Morgan fingerprint density at radius 2 is 1.76 bits per heavy atom. The zero-order chi connectivity index (χ0) is 12.4. The standard InChI is InChI=1S/C14H18N2O/c1-9(2)11-4-6-12(7-5-11)13-8-16-14(17-13)10(3)15/h4-10H,15H2,1-3H3. The van der Waals surface area contributed by atoms with E-state index in [-0.39, 0.29) is 6.04 Å². The fraction of sp³-hybridized carbons (Fsp3) is 0.357. The lowest BCUT2D eigenvalue weighted by Crippen LogP contribution is -2.04. The maximum absolute atomic E-state index is 5.71. The first kappa shape index (κ1) is 11.9. The molecule has 0 amide bonds. The number of nitrogens with zero attached hydrogens (tertiary/aromatic N) is 1. The van der Waals surface area contributed by atoms with Crippen molar-refractivity contribution < 1.29 is 4.42 Å². The van der Waals surface area contributed by atoms with Crippen LogP contribution in [0.5, 0.6) is 0 Å². The number of hydrogen-bond acceptors (Lipinski definition) is 3.